The zero-order valence-electron chi connectivity index (χ0n) is 10.7. The minimum Gasteiger partial charge on any atom is -0.369 e. The van der Waals surface area contributed by atoms with Crippen molar-refractivity contribution in [2.75, 3.05) is 26.2 Å². The summed E-state index contributed by atoms with van der Waals surface area (Å²) >= 11 is 0. The van der Waals surface area contributed by atoms with Gasteiger partial charge >= 0.3 is 0 Å². The van der Waals surface area contributed by atoms with Gasteiger partial charge in [-0.3, -0.25) is 14.5 Å². The molecule has 1 aliphatic heterocycles. The highest BCUT2D eigenvalue weighted by Crippen LogP contribution is 2.16. The first-order chi connectivity index (χ1) is 7.99. The van der Waals surface area contributed by atoms with Crippen molar-refractivity contribution in [3.63, 3.8) is 0 Å². The zero-order valence-corrected chi connectivity index (χ0v) is 10.7. The summed E-state index contributed by atoms with van der Waals surface area (Å²) in [6.45, 7) is 6.76. The third-order valence-electron chi connectivity index (χ3n) is 3.02. The molecule has 5 heteroatoms. The van der Waals surface area contributed by atoms with Gasteiger partial charge in [0.15, 0.2) is 0 Å². The third-order valence-corrected chi connectivity index (χ3v) is 3.02. The lowest BCUT2D eigenvalue weighted by atomic mass is 9.95. The second kappa shape index (κ2) is 6.59. The summed E-state index contributed by atoms with van der Waals surface area (Å²) in [7, 11) is 0. The van der Waals surface area contributed by atoms with E-state index in [-0.39, 0.29) is 17.7 Å². The molecular weight excluding hydrogens is 218 g/mol. The van der Waals surface area contributed by atoms with Crippen LogP contribution in [0.15, 0.2) is 0 Å². The Kier molecular flexibility index (Phi) is 5.41. The second-order valence-electron chi connectivity index (χ2n) is 5.16. The summed E-state index contributed by atoms with van der Waals surface area (Å²) in [5, 5.41) is 2.96. The number of piperidine rings is 1. The number of hydrogen-bond acceptors (Lipinski definition) is 3. The van der Waals surface area contributed by atoms with Crippen LogP contribution < -0.4 is 11.1 Å². The van der Waals surface area contributed by atoms with Gasteiger partial charge in [-0.15, -0.1) is 0 Å². The molecule has 0 atom stereocenters. The van der Waals surface area contributed by atoms with Gasteiger partial charge in [-0.25, -0.2) is 0 Å². The first-order valence-corrected chi connectivity index (χ1v) is 6.27. The Morgan fingerprint density at radius 1 is 1.35 bits per heavy atom. The molecule has 0 aromatic rings. The number of carbonyl (C=O) groups excluding carboxylic acids is 2. The van der Waals surface area contributed by atoms with E-state index >= 15 is 0 Å². The number of likely N-dealkylation sites (tertiary alicyclic amines) is 1. The number of nitrogens with zero attached hydrogens (tertiary/aromatic N) is 1. The molecule has 98 valence electrons. The number of nitrogens with one attached hydrogen (secondary N) is 1. The molecule has 1 rings (SSSR count). The molecule has 0 aliphatic carbocycles. The van der Waals surface area contributed by atoms with Gasteiger partial charge in [-0.05, 0) is 31.8 Å². The summed E-state index contributed by atoms with van der Waals surface area (Å²) in [6.07, 6.45) is 1.63. The number of carbonyl (C=O) groups is 2. The quantitative estimate of drug-likeness (QED) is 0.709. The molecule has 1 fully saturated rings. The van der Waals surface area contributed by atoms with Gasteiger partial charge in [0.05, 0.1) is 6.54 Å². The maximum absolute atomic E-state index is 11.8. The standard InChI is InChI=1S/C12H23N3O2/c1-9(2)7-14-12(17)10-3-5-15(6-4-10)8-11(13)16/h9-10H,3-8H2,1-2H3,(H2,13,16)(H,14,17). The zero-order chi connectivity index (χ0) is 12.8. The van der Waals surface area contributed by atoms with Crippen LogP contribution in [0.4, 0.5) is 0 Å². The van der Waals surface area contributed by atoms with Gasteiger partial charge in [0, 0.05) is 12.5 Å². The number of rotatable bonds is 5. The highest BCUT2D eigenvalue weighted by molar-refractivity contribution is 5.79. The average Bonchev–Trinajstić information content (AvgIpc) is 2.26. The maximum atomic E-state index is 11.8. The maximum Gasteiger partial charge on any atom is 0.231 e. The van der Waals surface area contributed by atoms with Crippen LogP contribution in [-0.4, -0.2) is 42.9 Å². The summed E-state index contributed by atoms with van der Waals surface area (Å²) in [6, 6.07) is 0. The van der Waals surface area contributed by atoms with E-state index in [4.69, 9.17) is 5.73 Å². The average molecular weight is 241 g/mol. The van der Waals surface area contributed by atoms with E-state index in [1.165, 1.54) is 0 Å². The fourth-order valence-corrected chi connectivity index (χ4v) is 2.02. The van der Waals surface area contributed by atoms with Crippen LogP contribution in [0.25, 0.3) is 0 Å². The molecule has 5 nitrogen and oxygen atoms in total. The molecule has 1 heterocycles. The molecule has 0 bridgehead atoms. The number of primary amides is 1. The second-order valence-corrected chi connectivity index (χ2v) is 5.16. The van der Waals surface area contributed by atoms with Crippen LogP contribution in [0.5, 0.6) is 0 Å². The molecule has 17 heavy (non-hydrogen) atoms. The molecule has 0 aromatic carbocycles. The summed E-state index contributed by atoms with van der Waals surface area (Å²) in [5.41, 5.74) is 5.14. The molecule has 1 saturated heterocycles. The molecule has 0 aromatic heterocycles. The Balaban J connectivity index is 2.26. The van der Waals surface area contributed by atoms with Crippen molar-refractivity contribution < 1.29 is 9.59 Å². The largest absolute Gasteiger partial charge is 0.369 e. The topological polar surface area (TPSA) is 75.4 Å². The van der Waals surface area contributed by atoms with E-state index in [0.717, 1.165) is 32.5 Å². The van der Waals surface area contributed by atoms with Crippen LogP contribution in [0, 0.1) is 11.8 Å². The van der Waals surface area contributed by atoms with Gasteiger partial charge in [0.25, 0.3) is 0 Å². The van der Waals surface area contributed by atoms with Crippen molar-refractivity contribution in [1.29, 1.82) is 0 Å². The van der Waals surface area contributed by atoms with Crippen LogP contribution >= 0.6 is 0 Å². The van der Waals surface area contributed by atoms with Crippen molar-refractivity contribution in [3.8, 4) is 0 Å². The highest BCUT2D eigenvalue weighted by atomic mass is 16.2. The molecule has 1 aliphatic rings. The Morgan fingerprint density at radius 3 is 2.41 bits per heavy atom. The Hall–Kier alpha value is -1.10. The number of hydrogen-bond donors (Lipinski definition) is 2. The van der Waals surface area contributed by atoms with E-state index < -0.39 is 0 Å². The molecule has 0 radical (unpaired) electrons. The van der Waals surface area contributed by atoms with Crippen molar-refractivity contribution >= 4 is 11.8 Å². The van der Waals surface area contributed by atoms with Crippen LogP contribution in [-0.2, 0) is 9.59 Å². The predicted molar refractivity (Wildman–Crippen MR) is 66.2 cm³/mol. The molecule has 0 saturated carbocycles. The summed E-state index contributed by atoms with van der Waals surface area (Å²) < 4.78 is 0. The summed E-state index contributed by atoms with van der Waals surface area (Å²) in [5.74, 6) is 0.428. The lowest BCUT2D eigenvalue weighted by molar-refractivity contribution is -0.126. The van der Waals surface area contributed by atoms with Crippen LogP contribution in [0.1, 0.15) is 26.7 Å². The molecule has 0 spiro atoms. The van der Waals surface area contributed by atoms with Crippen LogP contribution in [0.3, 0.4) is 0 Å². The first-order valence-electron chi connectivity index (χ1n) is 6.27. The van der Waals surface area contributed by atoms with E-state index in [1.54, 1.807) is 0 Å². The lowest BCUT2D eigenvalue weighted by Crippen LogP contribution is -2.43. The minimum absolute atomic E-state index is 0.0953. The molecule has 0 unspecified atom stereocenters. The van der Waals surface area contributed by atoms with Gasteiger partial charge in [0.1, 0.15) is 0 Å². The summed E-state index contributed by atoms with van der Waals surface area (Å²) in [4.78, 5) is 24.6. The molecule has 3 N–H and O–H groups in total. The van der Waals surface area contributed by atoms with E-state index in [9.17, 15) is 9.59 Å². The fraction of sp³-hybridized carbons (Fsp3) is 0.833. The van der Waals surface area contributed by atoms with Crippen molar-refractivity contribution in [2.45, 2.75) is 26.7 Å². The van der Waals surface area contributed by atoms with E-state index in [0.29, 0.717) is 12.5 Å². The van der Waals surface area contributed by atoms with Crippen molar-refractivity contribution in [2.24, 2.45) is 17.6 Å². The van der Waals surface area contributed by atoms with Crippen molar-refractivity contribution in [1.82, 2.24) is 10.2 Å². The normalized spacial score (nSPS) is 18.3. The Labute approximate surface area is 103 Å². The van der Waals surface area contributed by atoms with Crippen LogP contribution in [0.2, 0.25) is 0 Å². The fourth-order valence-electron chi connectivity index (χ4n) is 2.02. The third kappa shape index (κ3) is 5.17. The highest BCUT2D eigenvalue weighted by Gasteiger charge is 2.25. The first kappa shape index (κ1) is 14.0. The van der Waals surface area contributed by atoms with Gasteiger partial charge in [-0.1, -0.05) is 13.8 Å². The number of amides is 2. The van der Waals surface area contributed by atoms with Gasteiger partial charge in [0.2, 0.25) is 11.8 Å². The minimum atomic E-state index is -0.298. The van der Waals surface area contributed by atoms with Gasteiger partial charge in [-0.2, -0.15) is 0 Å². The van der Waals surface area contributed by atoms with Crippen molar-refractivity contribution in [3.05, 3.63) is 0 Å². The van der Waals surface area contributed by atoms with Gasteiger partial charge < -0.3 is 11.1 Å². The SMILES string of the molecule is CC(C)CNC(=O)C1CCN(CC(N)=O)CC1. The van der Waals surface area contributed by atoms with E-state index in [1.807, 2.05) is 4.90 Å². The molecule has 2 amide bonds. The molecular formula is C12H23N3O2. The number of nitrogens with two attached hydrogens (primary N) is 1. The predicted octanol–water partition coefficient (Wildman–Crippen LogP) is -0.0441. The monoisotopic (exact) mass is 241 g/mol. The Bertz CT molecular complexity index is 271. The van der Waals surface area contributed by atoms with E-state index in [2.05, 4.69) is 19.2 Å². The Morgan fingerprint density at radius 2 is 1.94 bits per heavy atom. The smallest absolute Gasteiger partial charge is 0.231 e. The lowest BCUT2D eigenvalue weighted by Gasteiger charge is -2.30.